The molecule has 0 aromatic carbocycles. The molecule has 0 aliphatic rings. The Hall–Kier alpha value is 1.53. The molecule has 0 spiro atoms. The Bertz CT molecular complexity index is 490. The van der Waals surface area contributed by atoms with E-state index in [9.17, 15) is 0 Å². The highest BCUT2D eigenvalue weighted by atomic mass is 127. The molecule has 44 heavy (non-hydrogen) atoms. The van der Waals surface area contributed by atoms with Crippen molar-refractivity contribution in [1.29, 1.82) is 0 Å². The molecule has 0 aromatic rings. The molecule has 0 atom stereocenters. The van der Waals surface area contributed by atoms with Crippen molar-refractivity contribution in [3.8, 4) is 0 Å². The Morgan fingerprint density at radius 2 is 0.364 bits per heavy atom. The van der Waals surface area contributed by atoms with Crippen molar-refractivity contribution in [2.24, 2.45) is 0 Å². The summed E-state index contributed by atoms with van der Waals surface area (Å²) in [7, 11) is -1.34. The van der Waals surface area contributed by atoms with Crippen LogP contribution < -0.4 is 0 Å². The summed E-state index contributed by atoms with van der Waals surface area (Å²) in [5, 5.41) is 0. The molecule has 0 fully saturated rings. The normalized spacial score (nSPS) is 11.7. The minimum Gasteiger partial charge on any atom is -0.150 e. The highest BCUT2D eigenvalue weighted by molar-refractivity contribution is 14.1. The van der Waals surface area contributed by atoms with Crippen molar-refractivity contribution >= 4 is 52.2 Å². The van der Waals surface area contributed by atoms with E-state index < -0.39 is 7.42 Å². The van der Waals surface area contributed by atoms with E-state index in [0.717, 1.165) is 6.04 Å². The highest BCUT2D eigenvalue weighted by Gasteiger charge is 2.01. The summed E-state index contributed by atoms with van der Waals surface area (Å²) < 4.78 is 1.34. The summed E-state index contributed by atoms with van der Waals surface area (Å²) in [6.45, 7) is 0. The third-order valence-electron chi connectivity index (χ3n) is 9.81. The van der Waals surface area contributed by atoms with Crippen LogP contribution in [0.4, 0.5) is 0 Å². The third-order valence-corrected chi connectivity index (χ3v) is 12.7. The van der Waals surface area contributed by atoms with Gasteiger partial charge in [-0.25, -0.2) is 0 Å². The van der Waals surface area contributed by atoms with Gasteiger partial charge in [0.1, 0.15) is 0 Å². The standard InChI is InChI=1S/C40H81Cl2ISi/c41-44(42)40-38-36-34-32-30-28-26-24-22-20-18-16-14-12-10-8-6-4-2-1-3-5-7-9-11-13-15-17-19-21-23-25-27-29-31-33-35-37-39-43/h44H,1-40H2. The molecular formula is C40H81Cl2ISi. The minimum atomic E-state index is -1.34. The van der Waals surface area contributed by atoms with E-state index in [-0.39, 0.29) is 0 Å². The van der Waals surface area contributed by atoms with Gasteiger partial charge in [-0.1, -0.05) is 260 Å². The summed E-state index contributed by atoms with van der Waals surface area (Å²) in [5.41, 5.74) is 0. The average molecular weight is 788 g/mol. The van der Waals surface area contributed by atoms with Crippen LogP contribution in [0.25, 0.3) is 0 Å². The molecule has 0 aliphatic heterocycles. The summed E-state index contributed by atoms with van der Waals surface area (Å²) in [6, 6.07) is 1.10. The van der Waals surface area contributed by atoms with Crippen molar-refractivity contribution in [2.45, 2.75) is 250 Å². The molecular weight excluding hydrogens is 706 g/mol. The second-order valence-electron chi connectivity index (χ2n) is 14.3. The van der Waals surface area contributed by atoms with Gasteiger partial charge >= 0.3 is 0 Å². The maximum absolute atomic E-state index is 5.92. The Labute approximate surface area is 304 Å². The molecule has 0 rings (SSSR count). The molecule has 266 valence electrons. The van der Waals surface area contributed by atoms with Crippen molar-refractivity contribution < 1.29 is 0 Å². The fourth-order valence-corrected chi connectivity index (χ4v) is 8.82. The largest absolute Gasteiger partial charge is 0.237 e. The van der Waals surface area contributed by atoms with Gasteiger partial charge in [-0.3, -0.25) is 0 Å². The van der Waals surface area contributed by atoms with Crippen LogP contribution >= 0.6 is 44.7 Å². The van der Waals surface area contributed by atoms with E-state index in [0.29, 0.717) is 0 Å². The second kappa shape index (κ2) is 42.5. The van der Waals surface area contributed by atoms with Crippen LogP contribution in [0.5, 0.6) is 0 Å². The van der Waals surface area contributed by atoms with E-state index >= 15 is 0 Å². The van der Waals surface area contributed by atoms with Gasteiger partial charge < -0.3 is 0 Å². The van der Waals surface area contributed by atoms with Crippen molar-refractivity contribution in [2.75, 3.05) is 4.43 Å². The average Bonchev–Trinajstić information content (AvgIpc) is 3.02. The first-order chi connectivity index (χ1) is 21.8. The second-order valence-corrected chi connectivity index (χ2v) is 20.6. The van der Waals surface area contributed by atoms with Gasteiger partial charge in [0.25, 0.3) is 0 Å². The molecule has 0 unspecified atom stereocenters. The summed E-state index contributed by atoms with van der Waals surface area (Å²) in [5.74, 6) is 0. The van der Waals surface area contributed by atoms with Gasteiger partial charge in [0.15, 0.2) is 0 Å². The van der Waals surface area contributed by atoms with E-state index in [4.69, 9.17) is 22.2 Å². The third kappa shape index (κ3) is 43.5. The lowest BCUT2D eigenvalue weighted by Gasteiger charge is -2.05. The van der Waals surface area contributed by atoms with Crippen LogP contribution in [0.2, 0.25) is 6.04 Å². The number of hydrogen-bond donors (Lipinski definition) is 0. The number of unbranched alkanes of at least 4 members (excludes halogenated alkanes) is 37. The lowest BCUT2D eigenvalue weighted by atomic mass is 10.0. The fourth-order valence-electron chi connectivity index (χ4n) is 6.76. The van der Waals surface area contributed by atoms with Gasteiger partial charge in [-0.05, 0) is 16.9 Å². The SMILES string of the molecule is Cl[SiH](Cl)CCCCCCCCCCCCCCCCCCCCCCCCCCCCCCCCCCCCCCCCI. The zero-order valence-corrected chi connectivity index (χ0v) is 34.8. The molecule has 0 aromatic heterocycles. The van der Waals surface area contributed by atoms with E-state index in [1.165, 1.54) is 248 Å². The van der Waals surface area contributed by atoms with E-state index in [1.54, 1.807) is 0 Å². The molecule has 0 bridgehead atoms. The van der Waals surface area contributed by atoms with E-state index in [1.807, 2.05) is 0 Å². The number of hydrogen-bond acceptors (Lipinski definition) is 0. The minimum absolute atomic E-state index is 1.10. The molecule has 4 heteroatoms. The lowest BCUT2D eigenvalue weighted by molar-refractivity contribution is 0.510. The molecule has 0 aliphatic carbocycles. The summed E-state index contributed by atoms with van der Waals surface area (Å²) in [6.07, 6.45) is 55.7. The van der Waals surface area contributed by atoms with E-state index in [2.05, 4.69) is 22.6 Å². The molecule has 0 amide bonds. The van der Waals surface area contributed by atoms with Crippen molar-refractivity contribution in [1.82, 2.24) is 0 Å². The van der Waals surface area contributed by atoms with Gasteiger partial charge in [0, 0.05) is 0 Å². The Balaban J connectivity index is 3.03. The Morgan fingerprint density at radius 3 is 0.500 bits per heavy atom. The number of alkyl halides is 1. The van der Waals surface area contributed by atoms with Gasteiger partial charge in [-0.2, -0.15) is 22.2 Å². The van der Waals surface area contributed by atoms with Crippen LogP contribution in [0, 0.1) is 0 Å². The number of rotatable bonds is 40. The van der Waals surface area contributed by atoms with Crippen LogP contribution in [-0.2, 0) is 0 Å². The maximum atomic E-state index is 5.92. The predicted molar refractivity (Wildman–Crippen MR) is 218 cm³/mol. The first-order valence-electron chi connectivity index (χ1n) is 20.6. The Kier molecular flexibility index (Phi) is 44.0. The zero-order valence-electron chi connectivity index (χ0n) is 30.0. The van der Waals surface area contributed by atoms with Crippen LogP contribution in [-0.4, -0.2) is 11.8 Å². The van der Waals surface area contributed by atoms with Crippen molar-refractivity contribution in [3.05, 3.63) is 0 Å². The monoisotopic (exact) mass is 786 g/mol. The summed E-state index contributed by atoms with van der Waals surface area (Å²) >= 11 is 14.3. The lowest BCUT2D eigenvalue weighted by Crippen LogP contribution is -1.91. The molecule has 0 heterocycles. The van der Waals surface area contributed by atoms with Gasteiger partial charge in [0.2, 0.25) is 7.42 Å². The molecule has 0 saturated heterocycles. The smallest absolute Gasteiger partial charge is 0.150 e. The van der Waals surface area contributed by atoms with Crippen molar-refractivity contribution in [3.63, 3.8) is 0 Å². The molecule has 0 radical (unpaired) electrons. The van der Waals surface area contributed by atoms with Gasteiger partial charge in [-0.15, -0.1) is 0 Å². The molecule has 0 saturated carbocycles. The first-order valence-corrected chi connectivity index (χ1v) is 26.4. The zero-order chi connectivity index (χ0) is 31.9. The van der Waals surface area contributed by atoms with Crippen LogP contribution in [0.1, 0.15) is 244 Å². The van der Waals surface area contributed by atoms with Crippen LogP contribution in [0.15, 0.2) is 0 Å². The quantitative estimate of drug-likeness (QED) is 0.0191. The summed E-state index contributed by atoms with van der Waals surface area (Å²) in [4.78, 5) is 0. The predicted octanol–water partition coefficient (Wildman–Crippen LogP) is 16.9. The fraction of sp³-hybridized carbons (Fsp3) is 1.00. The van der Waals surface area contributed by atoms with Gasteiger partial charge in [0.05, 0.1) is 0 Å². The Morgan fingerprint density at radius 1 is 0.227 bits per heavy atom. The topological polar surface area (TPSA) is 0 Å². The molecule has 0 N–H and O–H groups in total. The van der Waals surface area contributed by atoms with Crippen LogP contribution in [0.3, 0.4) is 0 Å². The highest BCUT2D eigenvalue weighted by Crippen LogP contribution is 2.18. The maximum Gasteiger partial charge on any atom is 0.237 e. The molecule has 0 nitrogen and oxygen atoms in total. The first kappa shape index (κ1) is 45.5. The number of halogens is 3.